The van der Waals surface area contributed by atoms with Gasteiger partial charge in [-0.2, -0.15) is 0 Å². The molecule has 0 spiro atoms. The average molecular weight is 267 g/mol. The lowest BCUT2D eigenvalue weighted by Crippen LogP contribution is -2.44. The van der Waals surface area contributed by atoms with Gasteiger partial charge in [0.25, 0.3) is 0 Å². The number of carboxylic acid groups (broad SMARTS) is 1. The summed E-state index contributed by atoms with van der Waals surface area (Å²) in [4.78, 5) is 11.4. The number of ether oxygens (including phenoxy) is 1. The van der Waals surface area contributed by atoms with Crippen molar-refractivity contribution in [2.75, 3.05) is 13.7 Å². The van der Waals surface area contributed by atoms with Crippen LogP contribution in [0.25, 0.3) is 0 Å². The van der Waals surface area contributed by atoms with Crippen LogP contribution in [0.1, 0.15) is 24.8 Å². The molecule has 0 aromatic heterocycles. The molecule has 1 aromatic rings. The zero-order valence-electron chi connectivity index (χ0n) is 11.0. The predicted molar refractivity (Wildman–Crippen MR) is 68.9 cm³/mol. The number of methoxy groups -OCH3 is 1. The van der Waals surface area contributed by atoms with Crippen molar-refractivity contribution in [1.29, 1.82) is 0 Å². The molecule has 1 aliphatic rings. The Morgan fingerprint density at radius 1 is 1.53 bits per heavy atom. The molecule has 3 atom stereocenters. The van der Waals surface area contributed by atoms with E-state index in [-0.39, 0.29) is 17.7 Å². The maximum atomic E-state index is 13.7. The van der Waals surface area contributed by atoms with Gasteiger partial charge in [-0.1, -0.05) is 12.1 Å². The van der Waals surface area contributed by atoms with Crippen LogP contribution in [0.3, 0.4) is 0 Å². The van der Waals surface area contributed by atoms with E-state index in [1.165, 1.54) is 13.2 Å². The van der Waals surface area contributed by atoms with Crippen LogP contribution in [0, 0.1) is 11.7 Å². The molecular formula is C14H18FNO3. The average Bonchev–Trinajstić information content (AvgIpc) is 2.37. The van der Waals surface area contributed by atoms with Gasteiger partial charge in [-0.05, 0) is 19.4 Å². The second kappa shape index (κ2) is 5.57. The summed E-state index contributed by atoms with van der Waals surface area (Å²) < 4.78 is 18.8. The normalized spacial score (nSPS) is 27.0. The maximum absolute atomic E-state index is 13.7. The smallest absolute Gasteiger partial charge is 0.308 e. The molecule has 104 valence electrons. The van der Waals surface area contributed by atoms with Crippen LogP contribution in [0.5, 0.6) is 5.75 Å². The fourth-order valence-corrected chi connectivity index (χ4v) is 2.73. The first-order valence-corrected chi connectivity index (χ1v) is 6.33. The third kappa shape index (κ3) is 2.71. The van der Waals surface area contributed by atoms with Crippen molar-refractivity contribution in [3.05, 3.63) is 29.6 Å². The van der Waals surface area contributed by atoms with Gasteiger partial charge in [0.1, 0.15) is 0 Å². The SMILES string of the molecule is COc1c(F)cccc1C1CC(C)NCC1C(=O)O. The second-order valence-corrected chi connectivity index (χ2v) is 4.96. The number of benzene rings is 1. The Morgan fingerprint density at radius 3 is 2.89 bits per heavy atom. The van der Waals surface area contributed by atoms with Crippen molar-refractivity contribution in [3.8, 4) is 5.75 Å². The molecule has 1 saturated heterocycles. The van der Waals surface area contributed by atoms with Crippen molar-refractivity contribution >= 4 is 5.97 Å². The van der Waals surface area contributed by atoms with Crippen LogP contribution in [-0.4, -0.2) is 30.8 Å². The number of piperidine rings is 1. The van der Waals surface area contributed by atoms with E-state index in [0.29, 0.717) is 18.5 Å². The number of aliphatic carboxylic acids is 1. The minimum absolute atomic E-state index is 0.160. The summed E-state index contributed by atoms with van der Waals surface area (Å²) in [5.41, 5.74) is 0.642. The van der Waals surface area contributed by atoms with Crippen LogP contribution in [-0.2, 0) is 4.79 Å². The van der Waals surface area contributed by atoms with Crippen molar-refractivity contribution in [2.45, 2.75) is 25.3 Å². The molecule has 0 saturated carbocycles. The number of hydrogen-bond acceptors (Lipinski definition) is 3. The molecule has 5 heteroatoms. The van der Waals surface area contributed by atoms with E-state index in [1.807, 2.05) is 6.92 Å². The molecule has 1 aliphatic heterocycles. The molecular weight excluding hydrogens is 249 g/mol. The summed E-state index contributed by atoms with van der Waals surface area (Å²) in [5.74, 6) is -1.95. The fourth-order valence-electron chi connectivity index (χ4n) is 2.73. The number of hydrogen-bond donors (Lipinski definition) is 2. The molecule has 2 N–H and O–H groups in total. The molecule has 19 heavy (non-hydrogen) atoms. The largest absolute Gasteiger partial charge is 0.493 e. The van der Waals surface area contributed by atoms with Gasteiger partial charge >= 0.3 is 5.97 Å². The highest BCUT2D eigenvalue weighted by Crippen LogP contribution is 2.38. The monoisotopic (exact) mass is 267 g/mol. The second-order valence-electron chi connectivity index (χ2n) is 4.96. The first kappa shape index (κ1) is 13.8. The lowest BCUT2D eigenvalue weighted by atomic mass is 9.78. The van der Waals surface area contributed by atoms with E-state index in [4.69, 9.17) is 4.74 Å². The van der Waals surface area contributed by atoms with Gasteiger partial charge in [0, 0.05) is 24.1 Å². The summed E-state index contributed by atoms with van der Waals surface area (Å²) >= 11 is 0. The van der Waals surface area contributed by atoms with E-state index in [2.05, 4.69) is 5.32 Å². The Labute approximate surface area is 111 Å². The van der Waals surface area contributed by atoms with E-state index in [9.17, 15) is 14.3 Å². The van der Waals surface area contributed by atoms with Crippen molar-refractivity contribution < 1.29 is 19.0 Å². The van der Waals surface area contributed by atoms with Crippen LogP contribution < -0.4 is 10.1 Å². The highest BCUT2D eigenvalue weighted by molar-refractivity contribution is 5.72. The standard InChI is InChI=1S/C14H18FNO3/c1-8-6-10(11(7-16-8)14(17)18)9-4-3-5-12(15)13(9)19-2/h3-5,8,10-11,16H,6-7H2,1-2H3,(H,17,18). The summed E-state index contributed by atoms with van der Waals surface area (Å²) in [6.07, 6.45) is 0.650. The maximum Gasteiger partial charge on any atom is 0.308 e. The highest BCUT2D eigenvalue weighted by Gasteiger charge is 2.36. The highest BCUT2D eigenvalue weighted by atomic mass is 19.1. The molecule has 0 amide bonds. The summed E-state index contributed by atoms with van der Waals surface area (Å²) in [6, 6.07) is 4.87. The third-order valence-electron chi connectivity index (χ3n) is 3.70. The molecule has 0 bridgehead atoms. The van der Waals surface area contributed by atoms with Gasteiger partial charge < -0.3 is 15.2 Å². The molecule has 0 radical (unpaired) electrons. The minimum Gasteiger partial charge on any atom is -0.493 e. The number of carboxylic acids is 1. The van der Waals surface area contributed by atoms with Crippen molar-refractivity contribution in [3.63, 3.8) is 0 Å². The van der Waals surface area contributed by atoms with Crippen molar-refractivity contribution in [2.24, 2.45) is 5.92 Å². The lowest BCUT2D eigenvalue weighted by Gasteiger charge is -2.34. The zero-order chi connectivity index (χ0) is 14.0. The summed E-state index contributed by atoms with van der Waals surface area (Å²) in [7, 11) is 1.40. The lowest BCUT2D eigenvalue weighted by molar-refractivity contribution is -0.143. The number of para-hydroxylation sites is 1. The molecule has 1 heterocycles. The van der Waals surface area contributed by atoms with E-state index >= 15 is 0 Å². The predicted octanol–water partition coefficient (Wildman–Crippen LogP) is 2.00. The topological polar surface area (TPSA) is 58.6 Å². The molecule has 0 aliphatic carbocycles. The number of nitrogens with one attached hydrogen (secondary N) is 1. The third-order valence-corrected chi connectivity index (χ3v) is 3.70. The molecule has 3 unspecified atom stereocenters. The van der Waals surface area contributed by atoms with Crippen molar-refractivity contribution in [1.82, 2.24) is 5.32 Å². The van der Waals surface area contributed by atoms with Crippen LogP contribution >= 0.6 is 0 Å². The minimum atomic E-state index is -0.865. The zero-order valence-corrected chi connectivity index (χ0v) is 11.0. The Kier molecular flexibility index (Phi) is 4.04. The van der Waals surface area contributed by atoms with E-state index in [1.54, 1.807) is 12.1 Å². The van der Waals surface area contributed by atoms with Gasteiger partial charge in [0.2, 0.25) is 0 Å². The van der Waals surface area contributed by atoms with Crippen LogP contribution in [0.2, 0.25) is 0 Å². The number of rotatable bonds is 3. The fraction of sp³-hybridized carbons (Fsp3) is 0.500. The molecule has 4 nitrogen and oxygen atoms in total. The Bertz CT molecular complexity index is 478. The quantitative estimate of drug-likeness (QED) is 0.879. The van der Waals surface area contributed by atoms with Gasteiger partial charge in [-0.25, -0.2) is 4.39 Å². The Morgan fingerprint density at radius 2 is 2.26 bits per heavy atom. The van der Waals surface area contributed by atoms with Gasteiger partial charge in [0.15, 0.2) is 11.6 Å². The Hall–Kier alpha value is -1.62. The Balaban J connectivity index is 2.41. The first-order valence-electron chi connectivity index (χ1n) is 6.33. The number of carbonyl (C=O) groups is 1. The van der Waals surface area contributed by atoms with Gasteiger partial charge in [-0.3, -0.25) is 4.79 Å². The van der Waals surface area contributed by atoms with Gasteiger partial charge in [-0.15, -0.1) is 0 Å². The molecule has 2 rings (SSSR count). The summed E-state index contributed by atoms with van der Waals surface area (Å²) in [5, 5.41) is 12.5. The van der Waals surface area contributed by atoms with Crippen LogP contribution in [0.15, 0.2) is 18.2 Å². The summed E-state index contributed by atoms with van der Waals surface area (Å²) in [6.45, 7) is 2.39. The molecule has 1 aromatic carbocycles. The van der Waals surface area contributed by atoms with Crippen LogP contribution in [0.4, 0.5) is 4.39 Å². The van der Waals surface area contributed by atoms with E-state index in [0.717, 1.165) is 0 Å². The molecule has 1 fully saturated rings. The first-order chi connectivity index (χ1) is 9.04. The van der Waals surface area contributed by atoms with E-state index < -0.39 is 17.7 Å². The van der Waals surface area contributed by atoms with Gasteiger partial charge in [0.05, 0.1) is 13.0 Å². The number of halogens is 1.